The average Bonchev–Trinajstić information content (AvgIpc) is 3.18. The van der Waals surface area contributed by atoms with Gasteiger partial charge in [-0.1, -0.05) is 12.8 Å². The molecule has 3 fully saturated rings. The van der Waals surface area contributed by atoms with Crippen LogP contribution in [0.3, 0.4) is 0 Å². The summed E-state index contributed by atoms with van der Waals surface area (Å²) in [5.41, 5.74) is 0. The van der Waals surface area contributed by atoms with Crippen molar-refractivity contribution in [2.24, 2.45) is 5.92 Å². The first-order valence-electron chi connectivity index (χ1n) is 9.01. The minimum absolute atomic E-state index is 0.258. The topological polar surface area (TPSA) is 67.1 Å². The minimum Gasteiger partial charge on any atom is -0.395 e. The zero-order chi connectivity index (χ0) is 14.9. The second-order valence-corrected chi connectivity index (χ2v) is 7.34. The predicted octanol–water partition coefficient (Wildman–Crippen LogP) is 2.09. The first-order chi connectivity index (χ1) is 10.9. The number of aliphatic hydroxyl groups is 1. The van der Waals surface area contributed by atoms with Gasteiger partial charge in [0.2, 0.25) is 0 Å². The van der Waals surface area contributed by atoms with Crippen molar-refractivity contribution in [2.75, 3.05) is 13.2 Å². The maximum absolute atomic E-state index is 9.76. The lowest BCUT2D eigenvalue weighted by Gasteiger charge is -2.33. The fourth-order valence-corrected chi connectivity index (χ4v) is 4.49. The van der Waals surface area contributed by atoms with E-state index in [0.29, 0.717) is 12.1 Å². The van der Waals surface area contributed by atoms with E-state index >= 15 is 0 Å². The molecule has 1 aromatic rings. The highest BCUT2D eigenvalue weighted by Gasteiger charge is 2.39. The van der Waals surface area contributed by atoms with Crippen LogP contribution < -0.4 is 0 Å². The predicted molar refractivity (Wildman–Crippen MR) is 82.2 cm³/mol. The summed E-state index contributed by atoms with van der Waals surface area (Å²) in [6, 6.07) is 1.09. The van der Waals surface area contributed by atoms with E-state index in [1.54, 1.807) is 0 Å². The largest absolute Gasteiger partial charge is 0.395 e. The van der Waals surface area contributed by atoms with E-state index in [0.717, 1.165) is 31.1 Å². The number of nitrogens with zero attached hydrogens (tertiary/aromatic N) is 5. The van der Waals surface area contributed by atoms with E-state index in [1.165, 1.54) is 44.9 Å². The van der Waals surface area contributed by atoms with Gasteiger partial charge in [-0.3, -0.25) is 4.90 Å². The van der Waals surface area contributed by atoms with E-state index in [-0.39, 0.29) is 12.6 Å². The highest BCUT2D eigenvalue weighted by molar-refractivity contribution is 5.02. The molecule has 0 amide bonds. The molecule has 2 heterocycles. The smallest absolute Gasteiger partial charge is 0.168 e. The summed E-state index contributed by atoms with van der Waals surface area (Å²) in [5, 5.41) is 22.4. The number of hydrogen-bond acceptors (Lipinski definition) is 5. The minimum atomic E-state index is 0.258. The van der Waals surface area contributed by atoms with Crippen LogP contribution in [0.4, 0.5) is 0 Å². The molecule has 6 nitrogen and oxygen atoms in total. The zero-order valence-electron chi connectivity index (χ0n) is 13.3. The van der Waals surface area contributed by atoms with E-state index in [2.05, 4.69) is 25.1 Å². The highest BCUT2D eigenvalue weighted by Crippen LogP contribution is 2.40. The first-order valence-corrected chi connectivity index (χ1v) is 9.01. The van der Waals surface area contributed by atoms with Crippen LogP contribution in [0.5, 0.6) is 0 Å². The summed E-state index contributed by atoms with van der Waals surface area (Å²) in [6.45, 7) is 1.36. The molecule has 1 aromatic heterocycles. The molecule has 2 atom stereocenters. The lowest BCUT2D eigenvalue weighted by molar-refractivity contribution is 0.104. The van der Waals surface area contributed by atoms with Gasteiger partial charge in [-0.2, -0.15) is 0 Å². The van der Waals surface area contributed by atoms with E-state index < -0.39 is 0 Å². The third-order valence-electron chi connectivity index (χ3n) is 6.03. The summed E-state index contributed by atoms with van der Waals surface area (Å²) in [4.78, 5) is 2.51. The Morgan fingerprint density at radius 1 is 1.00 bits per heavy atom. The number of aliphatic hydroxyl groups excluding tert-OH is 1. The van der Waals surface area contributed by atoms with Gasteiger partial charge >= 0.3 is 0 Å². The number of hydrogen-bond donors (Lipinski definition) is 1. The molecule has 0 spiro atoms. The number of tetrazole rings is 1. The molecule has 3 aliphatic rings. The Hall–Kier alpha value is -1.01. The molecule has 1 saturated heterocycles. The Labute approximate surface area is 131 Å². The lowest BCUT2D eigenvalue weighted by atomic mass is 9.93. The van der Waals surface area contributed by atoms with E-state index in [1.807, 2.05) is 0 Å². The molecule has 2 aliphatic carbocycles. The fourth-order valence-electron chi connectivity index (χ4n) is 4.49. The Balaban J connectivity index is 1.54. The van der Waals surface area contributed by atoms with Gasteiger partial charge in [0.25, 0.3) is 0 Å². The summed E-state index contributed by atoms with van der Waals surface area (Å²) in [5.74, 6) is 1.83. The zero-order valence-corrected chi connectivity index (χ0v) is 13.3. The maximum Gasteiger partial charge on any atom is 0.168 e. The molecule has 4 rings (SSSR count). The number of rotatable bonds is 5. The summed E-state index contributed by atoms with van der Waals surface area (Å²) in [7, 11) is 0. The van der Waals surface area contributed by atoms with Crippen LogP contribution in [0.15, 0.2) is 0 Å². The molecular formula is C16H27N5O. The van der Waals surface area contributed by atoms with Crippen LogP contribution in [0.1, 0.15) is 75.7 Å². The van der Waals surface area contributed by atoms with Crippen LogP contribution in [0.2, 0.25) is 0 Å². The van der Waals surface area contributed by atoms with E-state index in [9.17, 15) is 5.11 Å². The van der Waals surface area contributed by atoms with Crippen molar-refractivity contribution in [3.05, 3.63) is 5.82 Å². The summed E-state index contributed by atoms with van der Waals surface area (Å²) >= 11 is 0. The van der Waals surface area contributed by atoms with Crippen LogP contribution in [-0.4, -0.2) is 49.4 Å². The highest BCUT2D eigenvalue weighted by atomic mass is 16.3. The van der Waals surface area contributed by atoms with Gasteiger partial charge in [-0.15, -0.1) is 5.10 Å². The first kappa shape index (κ1) is 14.6. The monoisotopic (exact) mass is 305 g/mol. The molecule has 0 aromatic carbocycles. The third kappa shape index (κ3) is 2.56. The summed E-state index contributed by atoms with van der Waals surface area (Å²) < 4.78 is 2.08. The Bertz CT molecular complexity index is 494. The van der Waals surface area contributed by atoms with Crippen molar-refractivity contribution in [2.45, 2.75) is 75.9 Å². The van der Waals surface area contributed by atoms with Gasteiger partial charge in [0.05, 0.1) is 18.7 Å². The van der Waals surface area contributed by atoms with E-state index in [4.69, 9.17) is 0 Å². The second kappa shape index (κ2) is 6.24. The van der Waals surface area contributed by atoms with Crippen molar-refractivity contribution in [3.63, 3.8) is 0 Å². The Morgan fingerprint density at radius 3 is 2.50 bits per heavy atom. The number of likely N-dealkylation sites (tertiary alicyclic amines) is 1. The molecule has 6 heteroatoms. The molecule has 0 radical (unpaired) electrons. The Kier molecular flexibility index (Phi) is 4.13. The van der Waals surface area contributed by atoms with Crippen molar-refractivity contribution >= 4 is 0 Å². The standard InChI is InChI=1S/C16H27N5O/c22-11-14-8-9-15(20(14)10-12-4-1-2-5-12)16-17-18-19-21(16)13-6-3-7-13/h12-15,22H,1-11H2/t14-,15-/m0/s1. The molecular weight excluding hydrogens is 278 g/mol. The summed E-state index contributed by atoms with van der Waals surface area (Å²) in [6.07, 6.45) is 11.3. The van der Waals surface area contributed by atoms with Crippen LogP contribution in [0.25, 0.3) is 0 Å². The fraction of sp³-hybridized carbons (Fsp3) is 0.938. The molecule has 1 N–H and O–H groups in total. The van der Waals surface area contributed by atoms with Crippen molar-refractivity contribution in [1.29, 1.82) is 0 Å². The Morgan fingerprint density at radius 2 is 1.82 bits per heavy atom. The molecule has 122 valence electrons. The second-order valence-electron chi connectivity index (χ2n) is 7.34. The third-order valence-corrected chi connectivity index (χ3v) is 6.03. The normalized spacial score (nSPS) is 31.0. The van der Waals surface area contributed by atoms with Crippen LogP contribution in [0, 0.1) is 5.92 Å². The van der Waals surface area contributed by atoms with Crippen molar-refractivity contribution in [3.8, 4) is 0 Å². The maximum atomic E-state index is 9.76. The lowest BCUT2D eigenvalue weighted by Crippen LogP contribution is -2.38. The van der Waals surface area contributed by atoms with Gasteiger partial charge in [-0.05, 0) is 61.3 Å². The molecule has 0 bridgehead atoms. The molecule has 1 aliphatic heterocycles. The molecule has 22 heavy (non-hydrogen) atoms. The van der Waals surface area contributed by atoms with Gasteiger partial charge < -0.3 is 5.11 Å². The van der Waals surface area contributed by atoms with Gasteiger partial charge in [0.15, 0.2) is 5.82 Å². The van der Waals surface area contributed by atoms with Crippen LogP contribution >= 0.6 is 0 Å². The quantitative estimate of drug-likeness (QED) is 0.902. The number of aromatic nitrogens is 4. The molecule has 2 saturated carbocycles. The average molecular weight is 305 g/mol. The van der Waals surface area contributed by atoms with Crippen molar-refractivity contribution in [1.82, 2.24) is 25.1 Å². The van der Waals surface area contributed by atoms with Gasteiger partial charge in [-0.25, -0.2) is 4.68 Å². The van der Waals surface area contributed by atoms with Crippen molar-refractivity contribution < 1.29 is 5.11 Å². The molecule has 0 unspecified atom stereocenters. The van der Waals surface area contributed by atoms with Crippen LogP contribution in [-0.2, 0) is 0 Å². The SMILES string of the molecule is OC[C@@H]1CC[C@@H](c2nnnn2C2CCC2)N1CC1CCCC1. The van der Waals surface area contributed by atoms with Gasteiger partial charge in [0, 0.05) is 12.6 Å². The van der Waals surface area contributed by atoms with Gasteiger partial charge in [0.1, 0.15) is 0 Å².